The van der Waals surface area contributed by atoms with Gasteiger partial charge in [-0.2, -0.15) is 15.4 Å². The lowest BCUT2D eigenvalue weighted by Crippen LogP contribution is -2.46. The van der Waals surface area contributed by atoms with E-state index in [2.05, 4.69) is 46.7 Å². The number of hydrogen-bond donors (Lipinski definition) is 1. The minimum absolute atomic E-state index is 0.632. The Balaban J connectivity index is 1.45. The summed E-state index contributed by atoms with van der Waals surface area (Å²) in [4.78, 5) is 4.77. The summed E-state index contributed by atoms with van der Waals surface area (Å²) in [5, 5.41) is 22.5. The van der Waals surface area contributed by atoms with E-state index in [0.29, 0.717) is 5.82 Å². The first-order valence-electron chi connectivity index (χ1n) is 7.97. The number of aromatic amines is 1. The lowest BCUT2D eigenvalue weighted by molar-refractivity contribution is 0.246. The number of nitrogens with zero attached hydrogens (tertiary/aromatic N) is 7. The van der Waals surface area contributed by atoms with Gasteiger partial charge in [0.2, 0.25) is 5.82 Å². The number of anilines is 1. The molecule has 1 aliphatic rings. The Bertz CT molecular complexity index is 766. The molecule has 0 amide bonds. The van der Waals surface area contributed by atoms with Crippen LogP contribution in [0, 0.1) is 0 Å². The Kier molecular flexibility index (Phi) is 4.11. The molecule has 1 saturated heterocycles. The number of rotatable bonds is 4. The molecular formula is C16H18N8. The molecule has 0 saturated carbocycles. The summed E-state index contributed by atoms with van der Waals surface area (Å²) in [6, 6.07) is 12.1. The first-order valence-corrected chi connectivity index (χ1v) is 7.97. The first kappa shape index (κ1) is 14.7. The fourth-order valence-corrected chi connectivity index (χ4v) is 3.01. The van der Waals surface area contributed by atoms with E-state index in [9.17, 15) is 0 Å². The Hall–Kier alpha value is -2.87. The van der Waals surface area contributed by atoms with Crippen LogP contribution in [0.4, 0.5) is 5.69 Å². The number of tetrazole rings is 1. The molecule has 24 heavy (non-hydrogen) atoms. The highest BCUT2D eigenvalue weighted by Crippen LogP contribution is 2.28. The molecule has 3 heterocycles. The largest absolute Gasteiger partial charge is 0.368 e. The fourth-order valence-electron chi connectivity index (χ4n) is 3.01. The average molecular weight is 322 g/mol. The van der Waals surface area contributed by atoms with Gasteiger partial charge in [-0.1, -0.05) is 12.1 Å². The van der Waals surface area contributed by atoms with Crippen LogP contribution in [0.15, 0.2) is 42.6 Å². The minimum atomic E-state index is 0.632. The van der Waals surface area contributed by atoms with Crippen LogP contribution in [0.2, 0.25) is 0 Å². The zero-order valence-electron chi connectivity index (χ0n) is 13.2. The van der Waals surface area contributed by atoms with Crippen molar-refractivity contribution < 1.29 is 0 Å². The van der Waals surface area contributed by atoms with Crippen molar-refractivity contribution >= 4 is 5.69 Å². The summed E-state index contributed by atoms with van der Waals surface area (Å²) in [6.07, 6.45) is 1.70. The van der Waals surface area contributed by atoms with Gasteiger partial charge in [0.25, 0.3) is 0 Å². The molecule has 0 spiro atoms. The number of para-hydroxylation sites is 1. The zero-order valence-corrected chi connectivity index (χ0v) is 13.2. The predicted octanol–water partition coefficient (Wildman–Crippen LogP) is 0.979. The van der Waals surface area contributed by atoms with E-state index in [1.54, 1.807) is 6.20 Å². The van der Waals surface area contributed by atoms with Gasteiger partial charge in [-0.25, -0.2) is 0 Å². The molecule has 0 atom stereocenters. The van der Waals surface area contributed by atoms with Gasteiger partial charge in [0.15, 0.2) is 0 Å². The van der Waals surface area contributed by atoms with Gasteiger partial charge in [0.05, 0.1) is 5.69 Å². The van der Waals surface area contributed by atoms with Crippen molar-refractivity contribution in [3.8, 4) is 11.4 Å². The van der Waals surface area contributed by atoms with Crippen molar-refractivity contribution in [3.05, 3.63) is 48.3 Å². The highest BCUT2D eigenvalue weighted by molar-refractivity contribution is 5.74. The van der Waals surface area contributed by atoms with Crippen molar-refractivity contribution in [2.24, 2.45) is 0 Å². The molecule has 0 radical (unpaired) electrons. The lowest BCUT2D eigenvalue weighted by atomic mass is 10.1. The molecule has 2 aromatic heterocycles. The number of piperazine rings is 1. The first-order chi connectivity index (χ1) is 11.9. The monoisotopic (exact) mass is 322 g/mol. The zero-order chi connectivity index (χ0) is 16.2. The molecule has 4 rings (SSSR count). The van der Waals surface area contributed by atoms with Crippen LogP contribution < -0.4 is 4.90 Å². The van der Waals surface area contributed by atoms with E-state index in [4.69, 9.17) is 0 Å². The molecule has 122 valence electrons. The molecule has 3 aromatic rings. The van der Waals surface area contributed by atoms with Gasteiger partial charge < -0.3 is 4.90 Å². The van der Waals surface area contributed by atoms with Gasteiger partial charge >= 0.3 is 0 Å². The van der Waals surface area contributed by atoms with Gasteiger partial charge in [-0.05, 0) is 29.5 Å². The maximum Gasteiger partial charge on any atom is 0.206 e. The van der Waals surface area contributed by atoms with Crippen molar-refractivity contribution in [1.82, 2.24) is 35.7 Å². The van der Waals surface area contributed by atoms with E-state index >= 15 is 0 Å². The molecule has 8 heteroatoms. The van der Waals surface area contributed by atoms with Gasteiger partial charge in [0.1, 0.15) is 0 Å². The molecular weight excluding hydrogens is 304 g/mol. The third kappa shape index (κ3) is 3.09. The fraction of sp³-hybridized carbons (Fsp3) is 0.312. The Morgan fingerprint density at radius 2 is 1.83 bits per heavy atom. The molecule has 1 fully saturated rings. The van der Waals surface area contributed by atoms with E-state index in [1.807, 2.05) is 30.3 Å². The normalized spacial score (nSPS) is 15.6. The van der Waals surface area contributed by atoms with Crippen LogP contribution in [0.25, 0.3) is 11.4 Å². The molecule has 0 unspecified atom stereocenters. The summed E-state index contributed by atoms with van der Waals surface area (Å²) in [6.45, 7) is 4.72. The average Bonchev–Trinajstić information content (AvgIpc) is 3.18. The topological polar surface area (TPSA) is 86.7 Å². The van der Waals surface area contributed by atoms with Crippen LogP contribution in [-0.4, -0.2) is 61.9 Å². The summed E-state index contributed by atoms with van der Waals surface area (Å²) in [5.74, 6) is 0.632. The number of nitrogens with one attached hydrogen (secondary N) is 1. The predicted molar refractivity (Wildman–Crippen MR) is 89.1 cm³/mol. The van der Waals surface area contributed by atoms with Crippen LogP contribution in [0.1, 0.15) is 5.69 Å². The Morgan fingerprint density at radius 3 is 2.58 bits per heavy atom. The number of hydrogen-bond acceptors (Lipinski definition) is 7. The highest BCUT2D eigenvalue weighted by Gasteiger charge is 2.21. The van der Waals surface area contributed by atoms with Gasteiger partial charge in [-0.15, -0.1) is 10.2 Å². The molecule has 1 aromatic carbocycles. The minimum Gasteiger partial charge on any atom is -0.368 e. The molecule has 8 nitrogen and oxygen atoms in total. The number of H-pyrrole nitrogens is 1. The smallest absolute Gasteiger partial charge is 0.206 e. The Morgan fingerprint density at radius 1 is 0.958 bits per heavy atom. The SMILES string of the molecule is c1cnnc(CN2CCN(c3ccccc3-c3nn[nH]n3)CC2)c1. The second kappa shape index (κ2) is 6.71. The highest BCUT2D eigenvalue weighted by atomic mass is 15.5. The van der Waals surface area contributed by atoms with Gasteiger partial charge in [0, 0.05) is 50.2 Å². The van der Waals surface area contributed by atoms with E-state index in [-0.39, 0.29) is 0 Å². The number of aromatic nitrogens is 6. The summed E-state index contributed by atoms with van der Waals surface area (Å²) in [5.41, 5.74) is 3.17. The van der Waals surface area contributed by atoms with Crippen LogP contribution in [-0.2, 0) is 6.54 Å². The lowest BCUT2D eigenvalue weighted by Gasteiger charge is -2.36. The number of benzene rings is 1. The van der Waals surface area contributed by atoms with Crippen molar-refractivity contribution in [3.63, 3.8) is 0 Å². The molecule has 0 bridgehead atoms. The van der Waals surface area contributed by atoms with Crippen LogP contribution >= 0.6 is 0 Å². The summed E-state index contributed by atoms with van der Waals surface area (Å²) in [7, 11) is 0. The van der Waals surface area contributed by atoms with Crippen LogP contribution in [0.3, 0.4) is 0 Å². The maximum atomic E-state index is 4.17. The van der Waals surface area contributed by atoms with Crippen molar-refractivity contribution in [2.45, 2.75) is 6.54 Å². The second-order valence-corrected chi connectivity index (χ2v) is 5.73. The van der Waals surface area contributed by atoms with E-state index in [0.717, 1.165) is 49.7 Å². The van der Waals surface area contributed by atoms with E-state index in [1.165, 1.54) is 0 Å². The summed E-state index contributed by atoms with van der Waals surface area (Å²) < 4.78 is 0. The summed E-state index contributed by atoms with van der Waals surface area (Å²) >= 11 is 0. The van der Waals surface area contributed by atoms with E-state index < -0.39 is 0 Å². The second-order valence-electron chi connectivity index (χ2n) is 5.73. The third-order valence-electron chi connectivity index (χ3n) is 4.22. The van der Waals surface area contributed by atoms with Crippen molar-refractivity contribution in [2.75, 3.05) is 31.1 Å². The quantitative estimate of drug-likeness (QED) is 0.766. The standard InChI is InChI=1S/C16H18N8/c1-2-6-15(14(5-1)16-19-21-22-20-16)24-10-8-23(9-11-24)12-13-4-3-7-17-18-13/h1-7H,8-12H2,(H,19,20,21,22). The molecule has 0 aliphatic carbocycles. The Labute approximate surface area is 139 Å². The van der Waals surface area contributed by atoms with Crippen molar-refractivity contribution in [1.29, 1.82) is 0 Å². The molecule has 1 aliphatic heterocycles. The van der Waals surface area contributed by atoms with Gasteiger partial charge in [-0.3, -0.25) is 4.90 Å². The van der Waals surface area contributed by atoms with Crippen LogP contribution in [0.5, 0.6) is 0 Å². The maximum absolute atomic E-state index is 4.17. The third-order valence-corrected chi connectivity index (χ3v) is 4.22. The molecule has 1 N–H and O–H groups in total.